The molecule has 1 rings (SSSR count). The summed E-state index contributed by atoms with van der Waals surface area (Å²) < 4.78 is 4.85. The van der Waals surface area contributed by atoms with Gasteiger partial charge in [0.25, 0.3) is 0 Å². The van der Waals surface area contributed by atoms with Gasteiger partial charge in [0.1, 0.15) is 0 Å². The van der Waals surface area contributed by atoms with Crippen molar-refractivity contribution in [3.63, 3.8) is 0 Å². The summed E-state index contributed by atoms with van der Waals surface area (Å²) in [7, 11) is 0. The van der Waals surface area contributed by atoms with E-state index in [1.807, 2.05) is 0 Å². The molecule has 1 aliphatic heterocycles. The molecule has 1 saturated heterocycles. The zero-order valence-corrected chi connectivity index (χ0v) is 5.60. The lowest BCUT2D eigenvalue weighted by molar-refractivity contribution is -0.197. The number of aliphatic hydroxyl groups is 3. The topological polar surface area (TPSA) is 69.9 Å². The molecule has 0 spiro atoms. The Bertz CT molecular complexity index is 96.6. The van der Waals surface area contributed by atoms with Gasteiger partial charge in [-0.3, -0.25) is 0 Å². The van der Waals surface area contributed by atoms with E-state index in [4.69, 9.17) is 20.1 Å². The van der Waals surface area contributed by atoms with Gasteiger partial charge >= 0.3 is 0 Å². The van der Waals surface area contributed by atoms with Gasteiger partial charge in [0.05, 0.1) is 18.8 Å². The summed E-state index contributed by atoms with van der Waals surface area (Å²) in [6.07, 6.45) is -1.20. The quantitative estimate of drug-likeness (QED) is 0.487. The zero-order valence-electron chi connectivity index (χ0n) is 5.60. The van der Waals surface area contributed by atoms with Crippen molar-refractivity contribution in [2.45, 2.75) is 38.8 Å². The van der Waals surface area contributed by atoms with E-state index in [0.717, 1.165) is 0 Å². The first-order valence-corrected chi connectivity index (χ1v) is 3.35. The first-order chi connectivity index (χ1) is 4.72. The van der Waals surface area contributed by atoms with Gasteiger partial charge in [-0.15, -0.1) is 0 Å². The molecule has 1 fully saturated rings. The Balaban J connectivity index is 0.000001000. The van der Waals surface area contributed by atoms with Crippen molar-refractivity contribution >= 4 is 0 Å². The Hall–Kier alpha value is -0.160. The summed E-state index contributed by atoms with van der Waals surface area (Å²) in [6, 6.07) is 0. The third kappa shape index (κ3) is 3.16. The molecule has 0 radical (unpaired) electrons. The van der Waals surface area contributed by atoms with Crippen LogP contribution in [0.2, 0.25) is 0 Å². The maximum atomic E-state index is 9.03. The summed E-state index contributed by atoms with van der Waals surface area (Å²) in [5.41, 5.74) is 0. The fourth-order valence-corrected chi connectivity index (χ4v) is 1.08. The minimum absolute atomic E-state index is 0. The fourth-order valence-electron chi connectivity index (χ4n) is 1.08. The predicted molar refractivity (Wildman–Crippen MR) is 39.9 cm³/mol. The average molecular weight is 164 g/mol. The van der Waals surface area contributed by atoms with Gasteiger partial charge in [0, 0.05) is 12.8 Å². The highest BCUT2D eigenvalue weighted by Crippen LogP contribution is 2.17. The van der Waals surface area contributed by atoms with Gasteiger partial charge in [-0.1, -0.05) is 7.43 Å². The van der Waals surface area contributed by atoms with Crippen LogP contribution in [0.15, 0.2) is 0 Å². The van der Waals surface area contributed by atoms with Crippen LogP contribution < -0.4 is 0 Å². The minimum atomic E-state index is -0.916. The molecule has 0 saturated carbocycles. The van der Waals surface area contributed by atoms with Gasteiger partial charge in [0.15, 0.2) is 6.29 Å². The molecule has 68 valence electrons. The second kappa shape index (κ2) is 4.66. The van der Waals surface area contributed by atoms with E-state index in [2.05, 4.69) is 0 Å². The second-order valence-corrected chi connectivity index (χ2v) is 2.52. The van der Waals surface area contributed by atoms with Crippen LogP contribution in [-0.4, -0.2) is 40.4 Å². The van der Waals surface area contributed by atoms with Gasteiger partial charge in [-0.05, 0) is 0 Å². The van der Waals surface area contributed by atoms with Gasteiger partial charge in [-0.2, -0.15) is 0 Å². The van der Waals surface area contributed by atoms with Crippen LogP contribution >= 0.6 is 0 Å². The Morgan fingerprint density at radius 2 is 1.91 bits per heavy atom. The molecule has 0 aliphatic carbocycles. The van der Waals surface area contributed by atoms with E-state index in [9.17, 15) is 0 Å². The molecule has 0 amide bonds. The molecule has 0 aromatic rings. The Kier molecular flexibility index (Phi) is 4.60. The van der Waals surface area contributed by atoms with Crippen molar-refractivity contribution < 1.29 is 20.1 Å². The van der Waals surface area contributed by atoms with E-state index in [1.54, 1.807) is 0 Å². The lowest BCUT2D eigenvalue weighted by Gasteiger charge is -2.28. The maximum absolute atomic E-state index is 9.03. The highest BCUT2D eigenvalue weighted by molar-refractivity contribution is 4.71. The lowest BCUT2D eigenvalue weighted by Crippen LogP contribution is -2.37. The normalized spacial score (nSPS) is 37.9. The van der Waals surface area contributed by atoms with E-state index in [1.165, 1.54) is 0 Å². The first kappa shape index (κ1) is 10.8. The average Bonchev–Trinajstić information content (AvgIpc) is 1.85. The highest BCUT2D eigenvalue weighted by atomic mass is 16.6. The summed E-state index contributed by atoms with van der Waals surface area (Å²) in [5.74, 6) is 0. The standard InChI is InChI=1S/C6H12O4.CH4/c7-3-5-1-4(8)2-6(9)10-5;/h4-9H,1-3H2;1H4. The molecule has 0 aromatic heterocycles. The number of aliphatic hydroxyl groups excluding tert-OH is 3. The first-order valence-electron chi connectivity index (χ1n) is 3.35. The van der Waals surface area contributed by atoms with Crippen LogP contribution in [0.4, 0.5) is 0 Å². The molecular formula is C7H16O4. The smallest absolute Gasteiger partial charge is 0.157 e. The van der Waals surface area contributed by atoms with E-state index < -0.39 is 18.5 Å². The molecule has 11 heavy (non-hydrogen) atoms. The number of ether oxygens (including phenoxy) is 1. The maximum Gasteiger partial charge on any atom is 0.157 e. The van der Waals surface area contributed by atoms with Crippen LogP contribution in [0.5, 0.6) is 0 Å². The van der Waals surface area contributed by atoms with Crippen molar-refractivity contribution in [3.8, 4) is 0 Å². The number of rotatable bonds is 1. The fraction of sp³-hybridized carbons (Fsp3) is 1.00. The van der Waals surface area contributed by atoms with Crippen LogP contribution in [0.25, 0.3) is 0 Å². The summed E-state index contributed by atoms with van der Waals surface area (Å²) in [4.78, 5) is 0. The second-order valence-electron chi connectivity index (χ2n) is 2.52. The van der Waals surface area contributed by atoms with Crippen molar-refractivity contribution in [1.82, 2.24) is 0 Å². The van der Waals surface area contributed by atoms with Crippen molar-refractivity contribution in [2.24, 2.45) is 0 Å². The minimum Gasteiger partial charge on any atom is -0.394 e. The summed E-state index contributed by atoms with van der Waals surface area (Å²) in [6.45, 7) is -0.145. The van der Waals surface area contributed by atoms with Gasteiger partial charge in [-0.25, -0.2) is 0 Å². The van der Waals surface area contributed by atoms with Crippen LogP contribution in [0, 0.1) is 0 Å². The third-order valence-corrected chi connectivity index (χ3v) is 1.56. The molecule has 3 atom stereocenters. The molecule has 3 unspecified atom stereocenters. The molecule has 1 aliphatic rings. The molecular weight excluding hydrogens is 148 g/mol. The van der Waals surface area contributed by atoms with Crippen molar-refractivity contribution in [1.29, 1.82) is 0 Å². The Morgan fingerprint density at radius 3 is 2.36 bits per heavy atom. The van der Waals surface area contributed by atoms with Crippen molar-refractivity contribution in [2.75, 3.05) is 6.61 Å². The lowest BCUT2D eigenvalue weighted by atomic mass is 10.1. The predicted octanol–water partition coefficient (Wildman–Crippen LogP) is -0.527. The largest absolute Gasteiger partial charge is 0.394 e. The highest BCUT2D eigenvalue weighted by Gasteiger charge is 2.25. The van der Waals surface area contributed by atoms with Crippen molar-refractivity contribution in [3.05, 3.63) is 0 Å². The van der Waals surface area contributed by atoms with Gasteiger partial charge < -0.3 is 20.1 Å². The molecule has 4 nitrogen and oxygen atoms in total. The SMILES string of the molecule is C.OCC1CC(O)CC(O)O1. The summed E-state index contributed by atoms with van der Waals surface area (Å²) in [5, 5.41) is 26.5. The monoisotopic (exact) mass is 164 g/mol. The Morgan fingerprint density at radius 1 is 1.27 bits per heavy atom. The van der Waals surface area contributed by atoms with Crippen LogP contribution in [-0.2, 0) is 4.74 Å². The zero-order chi connectivity index (χ0) is 7.56. The molecule has 1 heterocycles. The molecule has 0 bridgehead atoms. The Labute approximate surface area is 66.4 Å². The molecule has 3 N–H and O–H groups in total. The van der Waals surface area contributed by atoms with Crippen LogP contribution in [0.3, 0.4) is 0 Å². The summed E-state index contributed by atoms with van der Waals surface area (Å²) >= 11 is 0. The van der Waals surface area contributed by atoms with E-state index >= 15 is 0 Å². The van der Waals surface area contributed by atoms with Crippen LogP contribution in [0.1, 0.15) is 20.3 Å². The van der Waals surface area contributed by atoms with Gasteiger partial charge in [0.2, 0.25) is 0 Å². The molecule has 4 heteroatoms. The third-order valence-electron chi connectivity index (χ3n) is 1.56. The molecule has 0 aromatic carbocycles. The number of hydrogen-bond donors (Lipinski definition) is 3. The number of hydrogen-bond acceptors (Lipinski definition) is 4. The van der Waals surface area contributed by atoms with E-state index in [0.29, 0.717) is 6.42 Å². The van der Waals surface area contributed by atoms with E-state index in [-0.39, 0.29) is 20.5 Å².